The topological polar surface area (TPSA) is 68.5 Å². The average molecular weight is 313 g/mol. The molecule has 0 radical (unpaired) electrons. The second-order valence-electron chi connectivity index (χ2n) is 4.81. The molecule has 1 N–H and O–H groups in total. The van der Waals surface area contributed by atoms with Gasteiger partial charge in [-0.1, -0.05) is 6.07 Å². The summed E-state index contributed by atoms with van der Waals surface area (Å²) in [5.74, 6) is -0.494. The van der Waals surface area contributed by atoms with Gasteiger partial charge in [-0.25, -0.2) is 9.18 Å². The highest BCUT2D eigenvalue weighted by Crippen LogP contribution is 2.23. The third-order valence-corrected chi connectivity index (χ3v) is 3.28. The monoisotopic (exact) mass is 313 g/mol. The van der Waals surface area contributed by atoms with Gasteiger partial charge in [0.05, 0.1) is 12.7 Å². The number of methoxy groups -OCH3 is 1. The van der Waals surface area contributed by atoms with E-state index in [0.29, 0.717) is 16.8 Å². The van der Waals surface area contributed by atoms with Crippen molar-refractivity contribution < 1.29 is 18.3 Å². The maximum atomic E-state index is 13.2. The van der Waals surface area contributed by atoms with Crippen molar-refractivity contribution in [1.82, 2.24) is 0 Å². The van der Waals surface area contributed by atoms with Gasteiger partial charge < -0.3 is 14.5 Å². The van der Waals surface area contributed by atoms with Gasteiger partial charge in [0.15, 0.2) is 0 Å². The van der Waals surface area contributed by atoms with Gasteiger partial charge in [0, 0.05) is 23.2 Å². The Kier molecular flexibility index (Phi) is 3.80. The molecule has 2 aromatic carbocycles. The predicted molar refractivity (Wildman–Crippen MR) is 83.4 cm³/mol. The Balaban J connectivity index is 2.04. The molecule has 0 bridgehead atoms. The van der Waals surface area contributed by atoms with Crippen molar-refractivity contribution in [1.29, 1.82) is 0 Å². The van der Waals surface area contributed by atoms with E-state index in [-0.39, 0.29) is 11.1 Å². The Morgan fingerprint density at radius 3 is 2.74 bits per heavy atom. The zero-order valence-corrected chi connectivity index (χ0v) is 12.1. The highest BCUT2D eigenvalue weighted by atomic mass is 19.1. The number of benzene rings is 2. The van der Waals surface area contributed by atoms with Gasteiger partial charge in [0.1, 0.15) is 17.1 Å². The van der Waals surface area contributed by atoms with E-state index in [4.69, 9.17) is 9.15 Å². The number of hydrogen-bond donors (Lipinski definition) is 1. The minimum Gasteiger partial charge on any atom is -0.497 e. The normalized spacial score (nSPS) is 10.5. The van der Waals surface area contributed by atoms with Crippen molar-refractivity contribution >= 4 is 22.6 Å². The number of ether oxygens (including phenoxy) is 1. The minimum absolute atomic E-state index is 0.142. The largest absolute Gasteiger partial charge is 0.497 e. The maximum Gasteiger partial charge on any atom is 0.337 e. The number of carbonyl (C=O) groups is 1. The van der Waals surface area contributed by atoms with Crippen molar-refractivity contribution in [2.75, 3.05) is 12.4 Å². The summed E-state index contributed by atoms with van der Waals surface area (Å²) < 4.78 is 23.3. The Morgan fingerprint density at radius 2 is 2.00 bits per heavy atom. The van der Waals surface area contributed by atoms with Gasteiger partial charge in [-0.3, -0.25) is 4.79 Å². The van der Waals surface area contributed by atoms with Crippen molar-refractivity contribution in [3.8, 4) is 5.75 Å². The van der Waals surface area contributed by atoms with Crippen LogP contribution in [0.4, 0.5) is 10.1 Å². The molecular weight excluding hydrogens is 301 g/mol. The number of nitrogens with one attached hydrogen (secondary N) is 1. The highest BCUT2D eigenvalue weighted by Gasteiger charge is 2.14. The van der Waals surface area contributed by atoms with E-state index in [1.807, 2.05) is 0 Å². The van der Waals surface area contributed by atoms with E-state index in [2.05, 4.69) is 5.32 Å². The fourth-order valence-corrected chi connectivity index (χ4v) is 2.22. The lowest BCUT2D eigenvalue weighted by Gasteiger charge is -2.08. The molecule has 0 spiro atoms. The van der Waals surface area contributed by atoms with E-state index in [9.17, 15) is 14.0 Å². The van der Waals surface area contributed by atoms with Crippen LogP contribution in [-0.2, 0) is 0 Å². The molecule has 23 heavy (non-hydrogen) atoms. The van der Waals surface area contributed by atoms with E-state index in [1.54, 1.807) is 18.2 Å². The molecule has 0 fully saturated rings. The second-order valence-corrected chi connectivity index (χ2v) is 4.81. The van der Waals surface area contributed by atoms with Crippen LogP contribution in [0.3, 0.4) is 0 Å². The molecule has 116 valence electrons. The molecule has 0 atom stereocenters. The molecular formula is C17H12FNO4. The molecule has 6 heteroatoms. The van der Waals surface area contributed by atoms with Crippen LogP contribution < -0.4 is 15.7 Å². The summed E-state index contributed by atoms with van der Waals surface area (Å²) in [7, 11) is 1.49. The number of anilines is 1. The molecule has 0 saturated heterocycles. The Labute approximate surface area is 130 Å². The first kappa shape index (κ1) is 14.8. The summed E-state index contributed by atoms with van der Waals surface area (Å²) in [6, 6.07) is 11.4. The van der Waals surface area contributed by atoms with Crippen molar-refractivity contribution in [2.24, 2.45) is 0 Å². The zero-order chi connectivity index (χ0) is 16.4. The van der Waals surface area contributed by atoms with Gasteiger partial charge in [0.2, 0.25) is 0 Å². The second kappa shape index (κ2) is 5.92. The Morgan fingerprint density at radius 1 is 1.17 bits per heavy atom. The third kappa shape index (κ3) is 3.06. The number of rotatable bonds is 3. The lowest BCUT2D eigenvalue weighted by Crippen LogP contribution is -2.15. The third-order valence-electron chi connectivity index (χ3n) is 3.28. The fourth-order valence-electron chi connectivity index (χ4n) is 2.22. The molecule has 3 aromatic rings. The summed E-state index contributed by atoms with van der Waals surface area (Å²) in [5.41, 5.74) is 0.0180. The van der Waals surface area contributed by atoms with Crippen LogP contribution >= 0.6 is 0 Å². The van der Waals surface area contributed by atoms with Crippen LogP contribution in [-0.4, -0.2) is 13.0 Å². The molecule has 0 aliphatic carbocycles. The van der Waals surface area contributed by atoms with Crippen LogP contribution in [0.15, 0.2) is 57.7 Å². The molecule has 0 saturated carbocycles. The first-order chi connectivity index (χ1) is 11.1. The number of fused-ring (bicyclic) bond motifs is 1. The molecule has 5 nitrogen and oxygen atoms in total. The molecule has 1 amide bonds. The number of halogens is 1. The van der Waals surface area contributed by atoms with Crippen molar-refractivity contribution in [3.05, 3.63) is 70.3 Å². The average Bonchev–Trinajstić information content (AvgIpc) is 2.53. The minimum atomic E-state index is -0.657. The lowest BCUT2D eigenvalue weighted by atomic mass is 10.1. The van der Waals surface area contributed by atoms with E-state index < -0.39 is 17.3 Å². The molecule has 3 rings (SSSR count). The van der Waals surface area contributed by atoms with Gasteiger partial charge in [-0.2, -0.15) is 0 Å². The van der Waals surface area contributed by atoms with Gasteiger partial charge in [-0.15, -0.1) is 0 Å². The summed E-state index contributed by atoms with van der Waals surface area (Å²) in [4.78, 5) is 24.1. The zero-order valence-electron chi connectivity index (χ0n) is 12.1. The summed E-state index contributed by atoms with van der Waals surface area (Å²) in [6.07, 6.45) is 0. The van der Waals surface area contributed by atoms with Gasteiger partial charge in [-0.05, 0) is 30.3 Å². The van der Waals surface area contributed by atoms with Gasteiger partial charge in [0.25, 0.3) is 5.91 Å². The quantitative estimate of drug-likeness (QED) is 0.754. The van der Waals surface area contributed by atoms with Crippen LogP contribution in [0.25, 0.3) is 11.0 Å². The fraction of sp³-hybridized carbons (Fsp3) is 0.0588. The first-order valence-corrected chi connectivity index (χ1v) is 6.75. The molecule has 1 heterocycles. The SMILES string of the molecule is COc1ccc2c(C(=O)Nc3cccc(F)c3)cc(=O)oc2c1. The molecule has 0 aliphatic heterocycles. The number of carbonyl (C=O) groups excluding carboxylic acids is 1. The molecule has 1 aromatic heterocycles. The first-order valence-electron chi connectivity index (χ1n) is 6.75. The van der Waals surface area contributed by atoms with Crippen LogP contribution in [0.2, 0.25) is 0 Å². The van der Waals surface area contributed by atoms with E-state index in [0.717, 1.165) is 6.07 Å². The summed E-state index contributed by atoms with van der Waals surface area (Å²) in [6.45, 7) is 0. The smallest absolute Gasteiger partial charge is 0.337 e. The van der Waals surface area contributed by atoms with Crippen LogP contribution in [0.1, 0.15) is 10.4 Å². The van der Waals surface area contributed by atoms with Crippen molar-refractivity contribution in [3.63, 3.8) is 0 Å². The standard InChI is InChI=1S/C17H12FNO4/c1-22-12-5-6-13-14(9-16(20)23-15(13)8-12)17(21)19-11-4-2-3-10(18)7-11/h2-9H,1H3,(H,19,21). The van der Waals surface area contributed by atoms with Crippen molar-refractivity contribution in [2.45, 2.75) is 0 Å². The lowest BCUT2D eigenvalue weighted by molar-refractivity contribution is 0.102. The maximum absolute atomic E-state index is 13.2. The summed E-state index contributed by atoms with van der Waals surface area (Å²) in [5, 5.41) is 3.01. The number of hydrogen-bond acceptors (Lipinski definition) is 4. The molecule has 0 unspecified atom stereocenters. The predicted octanol–water partition coefficient (Wildman–Crippen LogP) is 3.19. The van der Waals surface area contributed by atoms with E-state index in [1.165, 1.54) is 31.4 Å². The van der Waals surface area contributed by atoms with E-state index >= 15 is 0 Å². The van der Waals surface area contributed by atoms with Crippen LogP contribution in [0, 0.1) is 5.82 Å². The van der Waals surface area contributed by atoms with Gasteiger partial charge >= 0.3 is 5.63 Å². The summed E-state index contributed by atoms with van der Waals surface area (Å²) >= 11 is 0. The number of amides is 1. The van der Waals surface area contributed by atoms with Crippen LogP contribution in [0.5, 0.6) is 5.75 Å². The highest BCUT2D eigenvalue weighted by molar-refractivity contribution is 6.12. The Bertz CT molecular complexity index is 949. The molecule has 0 aliphatic rings. The Hall–Kier alpha value is -3.15.